The Balaban J connectivity index is 1.35. The molecule has 0 saturated carbocycles. The Morgan fingerprint density at radius 2 is 1.62 bits per heavy atom. The zero-order chi connectivity index (χ0) is 20.3. The van der Waals surface area contributed by atoms with Gasteiger partial charge in [0.15, 0.2) is 0 Å². The van der Waals surface area contributed by atoms with Gasteiger partial charge in [-0.1, -0.05) is 47.5 Å². The summed E-state index contributed by atoms with van der Waals surface area (Å²) in [4.78, 5) is 0. The van der Waals surface area contributed by atoms with Crippen LogP contribution in [0, 0.1) is 5.21 Å². The molecule has 0 aromatic heterocycles. The molecular formula is C23H23Cl2NO3. The van der Waals surface area contributed by atoms with Crippen LogP contribution in [0.3, 0.4) is 0 Å². The molecule has 1 fully saturated rings. The van der Waals surface area contributed by atoms with Crippen LogP contribution in [0.15, 0.2) is 54.6 Å². The van der Waals surface area contributed by atoms with Crippen molar-refractivity contribution in [2.75, 3.05) is 26.2 Å². The summed E-state index contributed by atoms with van der Waals surface area (Å²) < 4.78 is 11.6. The molecule has 3 aromatic carbocycles. The highest BCUT2D eigenvalue weighted by atomic mass is 35.5. The Labute approximate surface area is 180 Å². The number of rotatable bonds is 7. The quantitative estimate of drug-likeness (QED) is 0.329. The molecule has 1 heterocycles. The minimum absolute atomic E-state index is 0.119. The summed E-state index contributed by atoms with van der Waals surface area (Å²) in [6.07, 6.45) is 2.04. The van der Waals surface area contributed by atoms with Gasteiger partial charge in [0.2, 0.25) is 0 Å². The van der Waals surface area contributed by atoms with Gasteiger partial charge in [-0.25, -0.2) is 0 Å². The number of fused-ring (bicyclic) bond motifs is 1. The van der Waals surface area contributed by atoms with E-state index in [9.17, 15) is 5.21 Å². The summed E-state index contributed by atoms with van der Waals surface area (Å²) in [6, 6.07) is 17.2. The lowest BCUT2D eigenvalue weighted by Gasteiger charge is -2.38. The van der Waals surface area contributed by atoms with Gasteiger partial charge in [0.05, 0.1) is 23.1 Å². The van der Waals surface area contributed by atoms with Crippen LogP contribution < -0.4 is 9.47 Å². The van der Waals surface area contributed by atoms with Gasteiger partial charge >= 0.3 is 0 Å². The maximum Gasteiger partial charge on any atom is 0.137 e. The molecule has 152 valence electrons. The van der Waals surface area contributed by atoms with Crippen molar-refractivity contribution in [3.63, 3.8) is 0 Å². The maximum atomic E-state index is 12.3. The van der Waals surface area contributed by atoms with Crippen molar-refractivity contribution in [2.45, 2.75) is 19.4 Å². The van der Waals surface area contributed by atoms with Gasteiger partial charge in [-0.3, -0.25) is 0 Å². The zero-order valence-corrected chi connectivity index (χ0v) is 17.6. The van der Waals surface area contributed by atoms with Crippen molar-refractivity contribution in [3.8, 4) is 11.5 Å². The SMILES string of the molecule is [O-][N+]1(CCOc2ccc(COc3cccc4c(Cl)c(Cl)ccc34)cc2)CCCC1. The van der Waals surface area contributed by atoms with Crippen LogP contribution in [-0.2, 0) is 6.61 Å². The molecule has 1 saturated heterocycles. The molecule has 0 radical (unpaired) electrons. The predicted molar refractivity (Wildman–Crippen MR) is 118 cm³/mol. The van der Waals surface area contributed by atoms with Crippen molar-refractivity contribution in [1.82, 2.24) is 0 Å². The number of benzene rings is 3. The number of quaternary nitrogens is 1. The maximum absolute atomic E-state index is 12.3. The number of hydroxylamine groups is 3. The lowest BCUT2D eigenvalue weighted by Crippen LogP contribution is -2.42. The van der Waals surface area contributed by atoms with Gasteiger partial charge in [0.25, 0.3) is 0 Å². The first kappa shape index (κ1) is 20.3. The zero-order valence-electron chi connectivity index (χ0n) is 16.1. The molecule has 0 spiro atoms. The van der Waals surface area contributed by atoms with Crippen molar-refractivity contribution in [1.29, 1.82) is 0 Å². The highest BCUT2D eigenvalue weighted by molar-refractivity contribution is 6.45. The van der Waals surface area contributed by atoms with Gasteiger partial charge in [-0.15, -0.1) is 0 Å². The second-order valence-corrected chi connectivity index (χ2v) is 8.21. The fourth-order valence-electron chi connectivity index (χ4n) is 3.70. The molecular weight excluding hydrogens is 409 g/mol. The monoisotopic (exact) mass is 431 g/mol. The van der Waals surface area contributed by atoms with Crippen molar-refractivity contribution in [2.24, 2.45) is 0 Å². The van der Waals surface area contributed by atoms with E-state index in [0.29, 0.717) is 42.9 Å². The molecule has 0 amide bonds. The van der Waals surface area contributed by atoms with E-state index >= 15 is 0 Å². The lowest BCUT2D eigenvalue weighted by atomic mass is 10.1. The summed E-state index contributed by atoms with van der Waals surface area (Å²) in [5.74, 6) is 1.53. The van der Waals surface area contributed by atoms with Crippen molar-refractivity contribution < 1.29 is 14.1 Å². The van der Waals surface area contributed by atoms with E-state index in [-0.39, 0.29) is 4.65 Å². The van der Waals surface area contributed by atoms with Crippen molar-refractivity contribution >= 4 is 34.0 Å². The highest BCUT2D eigenvalue weighted by Gasteiger charge is 2.22. The van der Waals surface area contributed by atoms with Crippen LogP contribution in [0.4, 0.5) is 0 Å². The molecule has 1 aliphatic rings. The third-order valence-electron chi connectivity index (χ3n) is 5.38. The minimum Gasteiger partial charge on any atom is -0.633 e. The molecule has 1 aliphatic heterocycles. The standard InChI is InChI=1S/C23H23Cl2NO3/c24-21-11-10-19-20(23(21)25)4-3-5-22(19)29-16-17-6-8-18(9-7-17)28-15-14-26(27)12-1-2-13-26/h3-11H,1-2,12-16H2. The van der Waals surface area contributed by atoms with E-state index in [1.807, 2.05) is 48.5 Å². The van der Waals surface area contributed by atoms with Crippen molar-refractivity contribution in [3.05, 3.63) is 75.4 Å². The average molecular weight is 432 g/mol. The van der Waals surface area contributed by atoms with Crippen LogP contribution >= 0.6 is 23.2 Å². The smallest absolute Gasteiger partial charge is 0.137 e. The minimum atomic E-state index is -0.119. The average Bonchev–Trinajstić information content (AvgIpc) is 3.16. The molecule has 0 bridgehead atoms. The van der Waals surface area contributed by atoms with Crippen LogP contribution in [-0.4, -0.2) is 30.9 Å². The van der Waals surface area contributed by atoms with E-state index in [4.69, 9.17) is 32.7 Å². The second kappa shape index (κ2) is 8.80. The fourth-order valence-corrected chi connectivity index (χ4v) is 4.09. The van der Waals surface area contributed by atoms with E-state index < -0.39 is 0 Å². The Morgan fingerprint density at radius 3 is 2.38 bits per heavy atom. The number of ether oxygens (including phenoxy) is 2. The third-order valence-corrected chi connectivity index (χ3v) is 6.19. The molecule has 0 aliphatic carbocycles. The molecule has 0 N–H and O–H groups in total. The second-order valence-electron chi connectivity index (χ2n) is 7.43. The summed E-state index contributed by atoms with van der Waals surface area (Å²) in [5.41, 5.74) is 1.03. The number of hydrogen-bond donors (Lipinski definition) is 0. The van der Waals surface area contributed by atoms with Gasteiger partial charge < -0.3 is 19.3 Å². The first-order valence-corrected chi connectivity index (χ1v) is 10.6. The summed E-state index contributed by atoms with van der Waals surface area (Å²) in [5, 5.41) is 15.2. The van der Waals surface area contributed by atoms with Gasteiger partial charge in [-0.2, -0.15) is 0 Å². The molecule has 4 nitrogen and oxygen atoms in total. The third kappa shape index (κ3) is 4.78. The normalized spacial score (nSPS) is 15.6. The van der Waals surface area contributed by atoms with Crippen LogP contribution in [0.1, 0.15) is 18.4 Å². The highest BCUT2D eigenvalue weighted by Crippen LogP contribution is 2.35. The van der Waals surface area contributed by atoms with Gasteiger partial charge in [0, 0.05) is 23.6 Å². The van der Waals surface area contributed by atoms with E-state index in [1.165, 1.54) is 0 Å². The summed E-state index contributed by atoms with van der Waals surface area (Å²) in [7, 11) is 0. The molecule has 29 heavy (non-hydrogen) atoms. The predicted octanol–water partition coefficient (Wildman–Crippen LogP) is 6.21. The molecule has 6 heteroatoms. The van der Waals surface area contributed by atoms with Gasteiger partial charge in [-0.05, 0) is 35.9 Å². The number of likely N-dealkylation sites (tertiary alicyclic amines) is 1. The van der Waals surface area contributed by atoms with Crippen LogP contribution in [0.5, 0.6) is 11.5 Å². The topological polar surface area (TPSA) is 41.5 Å². The summed E-state index contributed by atoms with van der Waals surface area (Å²) in [6.45, 7) is 2.81. The number of halogens is 2. The summed E-state index contributed by atoms with van der Waals surface area (Å²) >= 11 is 12.4. The molecule has 4 rings (SSSR count). The Bertz CT molecular complexity index is 985. The molecule has 0 atom stereocenters. The Kier molecular flexibility index (Phi) is 6.16. The molecule has 0 unspecified atom stereocenters. The Hall–Kier alpha value is -1.98. The van der Waals surface area contributed by atoms with E-state index in [2.05, 4.69) is 0 Å². The first-order valence-electron chi connectivity index (χ1n) is 9.82. The van der Waals surface area contributed by atoms with Crippen LogP contribution in [0.25, 0.3) is 10.8 Å². The Morgan fingerprint density at radius 1 is 0.862 bits per heavy atom. The van der Waals surface area contributed by atoms with E-state index in [1.54, 1.807) is 6.07 Å². The fraction of sp³-hybridized carbons (Fsp3) is 0.304. The van der Waals surface area contributed by atoms with Crippen LogP contribution in [0.2, 0.25) is 10.0 Å². The largest absolute Gasteiger partial charge is 0.633 e. The number of hydrogen-bond acceptors (Lipinski definition) is 3. The van der Waals surface area contributed by atoms with Gasteiger partial charge in [0.1, 0.15) is 31.3 Å². The lowest BCUT2D eigenvalue weighted by molar-refractivity contribution is -0.868. The number of nitrogens with zero attached hydrogens (tertiary/aromatic N) is 1. The van der Waals surface area contributed by atoms with E-state index in [0.717, 1.165) is 40.7 Å². The molecule has 3 aromatic rings. The first-order chi connectivity index (χ1) is 14.0.